The lowest BCUT2D eigenvalue weighted by atomic mass is 10.1. The molecule has 106 valence electrons. The molecule has 0 heterocycles. The van der Waals surface area contributed by atoms with Crippen molar-refractivity contribution in [3.8, 4) is 5.75 Å². The Kier molecular flexibility index (Phi) is 5.63. The van der Waals surface area contributed by atoms with Gasteiger partial charge in [-0.25, -0.2) is 0 Å². The molecule has 19 heavy (non-hydrogen) atoms. The lowest BCUT2D eigenvalue weighted by Gasteiger charge is -2.20. The molecule has 0 aromatic heterocycles. The third-order valence-electron chi connectivity index (χ3n) is 2.44. The van der Waals surface area contributed by atoms with E-state index in [-0.39, 0.29) is 11.4 Å². The van der Waals surface area contributed by atoms with Crippen LogP contribution in [-0.2, 0) is 4.79 Å². The van der Waals surface area contributed by atoms with Crippen LogP contribution < -0.4 is 15.4 Å². The van der Waals surface area contributed by atoms with E-state index in [2.05, 4.69) is 31.4 Å². The second kappa shape index (κ2) is 6.78. The van der Waals surface area contributed by atoms with Gasteiger partial charge in [0.25, 0.3) is 0 Å². The van der Waals surface area contributed by atoms with Gasteiger partial charge in [-0.05, 0) is 39.0 Å². The van der Waals surface area contributed by atoms with Crippen molar-refractivity contribution in [2.75, 3.05) is 19.0 Å². The Morgan fingerprint density at radius 1 is 1.37 bits per heavy atom. The van der Waals surface area contributed by atoms with Crippen molar-refractivity contribution < 1.29 is 9.53 Å². The topological polar surface area (TPSA) is 50.4 Å². The zero-order valence-corrected chi connectivity index (χ0v) is 12.6. The number of carbonyl (C=O) groups excluding carboxylic acids is 1. The first kappa shape index (κ1) is 15.8. The fourth-order valence-corrected chi connectivity index (χ4v) is 1.71. The molecule has 0 radical (unpaired) electrons. The van der Waals surface area contributed by atoms with Gasteiger partial charge in [-0.3, -0.25) is 4.79 Å². The van der Waals surface area contributed by atoms with Gasteiger partial charge in [-0.1, -0.05) is 11.6 Å². The summed E-state index contributed by atoms with van der Waals surface area (Å²) in [5, 5.41) is 6.62. The van der Waals surface area contributed by atoms with Gasteiger partial charge in [-0.2, -0.15) is 0 Å². The van der Waals surface area contributed by atoms with Crippen LogP contribution in [0.15, 0.2) is 18.2 Å². The quantitative estimate of drug-likeness (QED) is 0.874. The Labute approximate surface area is 119 Å². The van der Waals surface area contributed by atoms with Crippen LogP contribution in [0.1, 0.15) is 27.2 Å². The highest BCUT2D eigenvalue weighted by atomic mass is 35.5. The van der Waals surface area contributed by atoms with Gasteiger partial charge in [0.05, 0.1) is 12.8 Å². The number of ether oxygens (including phenoxy) is 1. The highest BCUT2D eigenvalue weighted by Crippen LogP contribution is 2.27. The van der Waals surface area contributed by atoms with E-state index >= 15 is 0 Å². The standard InChI is InChI=1S/C14H21ClN2O2/c1-14(2,3)16-8-7-13(18)17-11-9-10(15)5-6-12(11)19-4/h5-6,9,16H,7-8H2,1-4H3,(H,17,18). The number of amides is 1. The maximum atomic E-state index is 11.8. The van der Waals surface area contributed by atoms with Crippen molar-refractivity contribution in [1.29, 1.82) is 0 Å². The van der Waals surface area contributed by atoms with Gasteiger partial charge in [0.2, 0.25) is 5.91 Å². The molecule has 2 N–H and O–H groups in total. The molecule has 0 atom stereocenters. The van der Waals surface area contributed by atoms with Crippen LogP contribution in [0.25, 0.3) is 0 Å². The first-order valence-electron chi connectivity index (χ1n) is 6.20. The lowest BCUT2D eigenvalue weighted by Crippen LogP contribution is -2.37. The number of hydrogen-bond acceptors (Lipinski definition) is 3. The fraction of sp³-hybridized carbons (Fsp3) is 0.500. The summed E-state index contributed by atoms with van der Waals surface area (Å²) in [6, 6.07) is 5.12. The molecular weight excluding hydrogens is 264 g/mol. The van der Waals surface area contributed by atoms with Crippen molar-refractivity contribution in [1.82, 2.24) is 5.32 Å². The van der Waals surface area contributed by atoms with Crippen LogP contribution in [0.4, 0.5) is 5.69 Å². The summed E-state index contributed by atoms with van der Waals surface area (Å²) in [5.74, 6) is 0.527. The van der Waals surface area contributed by atoms with E-state index < -0.39 is 0 Å². The number of benzene rings is 1. The van der Waals surface area contributed by atoms with Crippen LogP contribution in [-0.4, -0.2) is 25.1 Å². The second-order valence-corrected chi connectivity index (χ2v) is 5.76. The average Bonchev–Trinajstić information content (AvgIpc) is 2.27. The average molecular weight is 285 g/mol. The van der Waals surface area contributed by atoms with Gasteiger partial charge in [0.1, 0.15) is 5.75 Å². The van der Waals surface area contributed by atoms with Gasteiger partial charge < -0.3 is 15.4 Å². The molecule has 0 spiro atoms. The molecule has 1 amide bonds. The molecule has 0 aliphatic carbocycles. The van der Waals surface area contributed by atoms with Crippen LogP contribution in [0, 0.1) is 0 Å². The number of anilines is 1. The van der Waals surface area contributed by atoms with Crippen LogP contribution in [0.3, 0.4) is 0 Å². The van der Waals surface area contributed by atoms with E-state index in [4.69, 9.17) is 16.3 Å². The molecule has 1 aromatic rings. The first-order valence-corrected chi connectivity index (χ1v) is 6.58. The van der Waals surface area contributed by atoms with Crippen LogP contribution >= 0.6 is 11.6 Å². The summed E-state index contributed by atoms with van der Waals surface area (Å²) in [5.41, 5.74) is 0.601. The van der Waals surface area contributed by atoms with E-state index in [1.807, 2.05) is 0 Å². The highest BCUT2D eigenvalue weighted by molar-refractivity contribution is 6.31. The molecule has 0 aliphatic heterocycles. The summed E-state index contributed by atoms with van der Waals surface area (Å²) in [4.78, 5) is 11.8. The minimum absolute atomic E-state index is 0.00796. The second-order valence-electron chi connectivity index (χ2n) is 5.32. The molecule has 0 saturated heterocycles. The Morgan fingerprint density at radius 3 is 2.63 bits per heavy atom. The molecule has 1 rings (SSSR count). The number of hydrogen-bond donors (Lipinski definition) is 2. The zero-order chi connectivity index (χ0) is 14.5. The predicted octanol–water partition coefficient (Wildman–Crippen LogP) is 3.07. The van der Waals surface area contributed by atoms with Gasteiger partial charge >= 0.3 is 0 Å². The minimum Gasteiger partial charge on any atom is -0.495 e. The third kappa shape index (κ3) is 5.94. The van der Waals surface area contributed by atoms with Crippen molar-refractivity contribution in [3.05, 3.63) is 23.2 Å². The normalized spacial score (nSPS) is 11.2. The molecule has 0 saturated carbocycles. The van der Waals surface area contributed by atoms with E-state index in [0.29, 0.717) is 29.4 Å². The molecule has 0 unspecified atom stereocenters. The predicted molar refractivity (Wildman–Crippen MR) is 79.0 cm³/mol. The van der Waals surface area contributed by atoms with Crippen molar-refractivity contribution in [2.24, 2.45) is 0 Å². The number of carbonyl (C=O) groups is 1. The van der Waals surface area contributed by atoms with E-state index in [1.54, 1.807) is 25.3 Å². The summed E-state index contributed by atoms with van der Waals surface area (Å²) >= 11 is 5.90. The Balaban J connectivity index is 2.55. The monoisotopic (exact) mass is 284 g/mol. The van der Waals surface area contributed by atoms with Crippen molar-refractivity contribution >= 4 is 23.2 Å². The van der Waals surface area contributed by atoms with Gasteiger partial charge in [0, 0.05) is 23.5 Å². The number of nitrogens with one attached hydrogen (secondary N) is 2. The zero-order valence-electron chi connectivity index (χ0n) is 11.8. The number of rotatable bonds is 5. The summed E-state index contributed by atoms with van der Waals surface area (Å²) in [6.45, 7) is 6.80. The molecule has 5 heteroatoms. The first-order chi connectivity index (χ1) is 8.81. The maximum absolute atomic E-state index is 11.8. The molecule has 1 aromatic carbocycles. The Morgan fingerprint density at radius 2 is 2.05 bits per heavy atom. The largest absolute Gasteiger partial charge is 0.495 e. The number of halogens is 1. The van der Waals surface area contributed by atoms with E-state index in [9.17, 15) is 4.79 Å². The Hall–Kier alpha value is -1.26. The number of methoxy groups -OCH3 is 1. The Bertz CT molecular complexity index is 442. The lowest BCUT2D eigenvalue weighted by molar-refractivity contribution is -0.116. The summed E-state index contributed by atoms with van der Waals surface area (Å²) < 4.78 is 5.17. The van der Waals surface area contributed by atoms with Gasteiger partial charge in [0.15, 0.2) is 0 Å². The van der Waals surface area contributed by atoms with Crippen LogP contribution in [0.2, 0.25) is 5.02 Å². The SMILES string of the molecule is COc1ccc(Cl)cc1NC(=O)CCNC(C)(C)C. The van der Waals surface area contributed by atoms with Crippen LogP contribution in [0.5, 0.6) is 5.75 Å². The molecule has 0 aliphatic rings. The van der Waals surface area contributed by atoms with Gasteiger partial charge in [-0.15, -0.1) is 0 Å². The fourth-order valence-electron chi connectivity index (χ4n) is 1.54. The van der Waals surface area contributed by atoms with Crippen molar-refractivity contribution in [3.63, 3.8) is 0 Å². The molecular formula is C14H21ClN2O2. The van der Waals surface area contributed by atoms with E-state index in [0.717, 1.165) is 0 Å². The summed E-state index contributed by atoms with van der Waals surface area (Å²) in [7, 11) is 1.56. The molecule has 4 nitrogen and oxygen atoms in total. The maximum Gasteiger partial charge on any atom is 0.225 e. The summed E-state index contributed by atoms with van der Waals surface area (Å²) in [6.07, 6.45) is 0.396. The molecule has 0 fully saturated rings. The third-order valence-corrected chi connectivity index (χ3v) is 2.68. The minimum atomic E-state index is -0.0719. The van der Waals surface area contributed by atoms with E-state index in [1.165, 1.54) is 0 Å². The highest BCUT2D eigenvalue weighted by Gasteiger charge is 2.11. The van der Waals surface area contributed by atoms with Crippen molar-refractivity contribution in [2.45, 2.75) is 32.7 Å². The smallest absolute Gasteiger partial charge is 0.225 e. The molecule has 0 bridgehead atoms.